The summed E-state index contributed by atoms with van der Waals surface area (Å²) in [6.45, 7) is 1.37. The number of hydrogen-bond donors (Lipinski definition) is 2. The molecule has 0 bridgehead atoms. The number of ether oxygens (including phenoxy) is 1. The van der Waals surface area contributed by atoms with Crippen molar-refractivity contribution in [3.8, 4) is 5.75 Å². The van der Waals surface area contributed by atoms with Gasteiger partial charge in [0.1, 0.15) is 4.90 Å². The third kappa shape index (κ3) is 2.70. The van der Waals surface area contributed by atoms with Gasteiger partial charge in [-0.15, -0.1) is 0 Å². The molecule has 110 valence electrons. The molecule has 1 aromatic rings. The van der Waals surface area contributed by atoms with E-state index >= 15 is 0 Å². The van der Waals surface area contributed by atoms with Crippen LogP contribution in [0.25, 0.3) is 0 Å². The van der Waals surface area contributed by atoms with Crippen molar-refractivity contribution in [2.75, 3.05) is 25.1 Å². The lowest BCUT2D eigenvalue weighted by atomic mass is 10.1. The lowest BCUT2D eigenvalue weighted by Gasteiger charge is -2.21. The number of methoxy groups -OCH3 is 1. The number of aromatic hydroxyl groups is 1. The number of rotatable bonds is 3. The van der Waals surface area contributed by atoms with Crippen LogP contribution >= 0.6 is 0 Å². The van der Waals surface area contributed by atoms with Crippen LogP contribution < -0.4 is 10.0 Å². The second kappa shape index (κ2) is 5.29. The van der Waals surface area contributed by atoms with Crippen molar-refractivity contribution in [1.82, 2.24) is 0 Å². The van der Waals surface area contributed by atoms with Crippen molar-refractivity contribution in [3.05, 3.63) is 17.7 Å². The maximum absolute atomic E-state index is 11.6. The smallest absolute Gasteiger partial charge is 0.337 e. The van der Waals surface area contributed by atoms with Gasteiger partial charge < -0.3 is 14.7 Å². The van der Waals surface area contributed by atoms with Gasteiger partial charge in [-0.3, -0.25) is 0 Å². The van der Waals surface area contributed by atoms with E-state index < -0.39 is 26.6 Å². The highest BCUT2D eigenvalue weighted by molar-refractivity contribution is 7.89. The van der Waals surface area contributed by atoms with Gasteiger partial charge in [0.05, 0.1) is 18.4 Å². The molecule has 0 radical (unpaired) electrons. The Hall–Kier alpha value is -1.80. The zero-order valence-electron chi connectivity index (χ0n) is 11.0. The molecule has 0 saturated carbocycles. The average Bonchev–Trinajstić information content (AvgIpc) is 2.90. The van der Waals surface area contributed by atoms with Gasteiger partial charge in [-0.25, -0.2) is 18.4 Å². The molecule has 0 amide bonds. The van der Waals surface area contributed by atoms with Crippen molar-refractivity contribution in [2.45, 2.75) is 17.7 Å². The Labute approximate surface area is 117 Å². The Bertz CT molecular complexity index is 635. The number of hydrogen-bond acceptors (Lipinski definition) is 6. The molecule has 2 rings (SSSR count). The summed E-state index contributed by atoms with van der Waals surface area (Å²) in [5, 5.41) is 15.2. The first kappa shape index (κ1) is 14.6. The number of sulfonamides is 1. The van der Waals surface area contributed by atoms with E-state index in [1.807, 2.05) is 4.90 Å². The van der Waals surface area contributed by atoms with Gasteiger partial charge in [-0.2, -0.15) is 0 Å². The van der Waals surface area contributed by atoms with E-state index in [9.17, 15) is 18.3 Å². The van der Waals surface area contributed by atoms with Crippen molar-refractivity contribution < 1.29 is 23.1 Å². The molecule has 20 heavy (non-hydrogen) atoms. The predicted molar refractivity (Wildman–Crippen MR) is 72.3 cm³/mol. The molecule has 0 spiro atoms. The van der Waals surface area contributed by atoms with E-state index in [0.717, 1.165) is 18.9 Å². The molecule has 1 aliphatic heterocycles. The van der Waals surface area contributed by atoms with Gasteiger partial charge in [-0.05, 0) is 25.0 Å². The van der Waals surface area contributed by atoms with Crippen LogP contribution in [0, 0.1) is 0 Å². The summed E-state index contributed by atoms with van der Waals surface area (Å²) in [6, 6.07) is 2.44. The first-order chi connectivity index (χ1) is 9.34. The van der Waals surface area contributed by atoms with Crippen LogP contribution in [-0.2, 0) is 14.8 Å². The van der Waals surface area contributed by atoms with E-state index in [4.69, 9.17) is 5.14 Å². The van der Waals surface area contributed by atoms with Crippen LogP contribution in [0.1, 0.15) is 23.2 Å². The topological polar surface area (TPSA) is 110 Å². The molecule has 3 N–H and O–H groups in total. The lowest BCUT2D eigenvalue weighted by Crippen LogP contribution is -2.21. The number of nitrogens with zero attached hydrogens (tertiary/aromatic N) is 1. The summed E-state index contributed by atoms with van der Waals surface area (Å²) < 4.78 is 27.6. The Morgan fingerprint density at radius 2 is 1.95 bits per heavy atom. The molecule has 1 aromatic carbocycles. The fraction of sp³-hybridized carbons (Fsp3) is 0.417. The number of carbonyl (C=O) groups is 1. The fourth-order valence-corrected chi connectivity index (χ4v) is 2.91. The van der Waals surface area contributed by atoms with Crippen molar-refractivity contribution in [1.29, 1.82) is 0 Å². The third-order valence-corrected chi connectivity index (χ3v) is 4.15. The second-order valence-electron chi connectivity index (χ2n) is 4.57. The Morgan fingerprint density at radius 1 is 1.35 bits per heavy atom. The summed E-state index contributed by atoms with van der Waals surface area (Å²) in [5.41, 5.74) is 0.325. The molecular formula is C12H16N2O5S. The number of benzene rings is 1. The molecular weight excluding hydrogens is 284 g/mol. The van der Waals surface area contributed by atoms with Gasteiger partial charge in [0.15, 0.2) is 5.75 Å². The largest absolute Gasteiger partial charge is 0.504 e. The second-order valence-corrected chi connectivity index (χ2v) is 6.10. The average molecular weight is 300 g/mol. The minimum Gasteiger partial charge on any atom is -0.504 e. The van der Waals surface area contributed by atoms with Crippen LogP contribution in [0.15, 0.2) is 17.0 Å². The molecule has 1 fully saturated rings. The number of phenols is 1. The number of phenolic OH excluding ortho intramolecular Hbond substituents is 1. The van der Waals surface area contributed by atoms with Crippen molar-refractivity contribution in [2.24, 2.45) is 5.14 Å². The van der Waals surface area contributed by atoms with E-state index in [1.54, 1.807) is 0 Å². The number of esters is 1. The molecule has 1 aliphatic rings. The number of anilines is 1. The number of primary sulfonamides is 1. The first-order valence-corrected chi connectivity index (χ1v) is 7.62. The number of carbonyl (C=O) groups excluding carboxylic acids is 1. The highest BCUT2D eigenvalue weighted by Crippen LogP contribution is 2.36. The maximum atomic E-state index is 11.6. The summed E-state index contributed by atoms with van der Waals surface area (Å²) >= 11 is 0. The Kier molecular flexibility index (Phi) is 3.87. The fourth-order valence-electron chi connectivity index (χ4n) is 2.24. The molecule has 0 aliphatic carbocycles. The summed E-state index contributed by atoms with van der Waals surface area (Å²) in [4.78, 5) is 13.0. The Morgan fingerprint density at radius 3 is 2.45 bits per heavy atom. The van der Waals surface area contributed by atoms with E-state index in [1.165, 1.54) is 13.2 Å². The first-order valence-electron chi connectivity index (χ1n) is 6.07. The van der Waals surface area contributed by atoms with Crippen molar-refractivity contribution >= 4 is 21.7 Å². The van der Waals surface area contributed by atoms with Crippen LogP contribution in [-0.4, -0.2) is 39.7 Å². The zero-order valence-corrected chi connectivity index (χ0v) is 11.8. The number of nitrogens with two attached hydrogens (primary N) is 1. The van der Waals surface area contributed by atoms with E-state index in [0.29, 0.717) is 13.1 Å². The van der Waals surface area contributed by atoms with E-state index in [-0.39, 0.29) is 11.3 Å². The third-order valence-electron chi connectivity index (χ3n) is 3.23. The quantitative estimate of drug-likeness (QED) is 0.783. The van der Waals surface area contributed by atoms with Gasteiger partial charge in [-0.1, -0.05) is 0 Å². The highest BCUT2D eigenvalue weighted by Gasteiger charge is 2.25. The van der Waals surface area contributed by atoms with Gasteiger partial charge in [0.2, 0.25) is 10.0 Å². The minimum absolute atomic E-state index is 0.0382. The maximum Gasteiger partial charge on any atom is 0.337 e. The molecule has 1 heterocycles. The molecule has 1 saturated heterocycles. The summed E-state index contributed by atoms with van der Waals surface area (Å²) in [7, 11) is -2.94. The predicted octanol–water partition coefficient (Wildman–Crippen LogP) is 0.426. The highest BCUT2D eigenvalue weighted by atomic mass is 32.2. The summed E-state index contributed by atoms with van der Waals surface area (Å²) in [6.07, 6.45) is 1.87. The van der Waals surface area contributed by atoms with Crippen molar-refractivity contribution in [3.63, 3.8) is 0 Å². The Balaban J connectivity index is 2.63. The lowest BCUT2D eigenvalue weighted by molar-refractivity contribution is 0.0600. The SMILES string of the molecule is COC(=O)c1cc(N2CCCC2)c(O)c(S(N)(=O)=O)c1. The van der Waals surface area contributed by atoms with Gasteiger partial charge in [0, 0.05) is 13.1 Å². The molecule has 0 unspecified atom stereocenters. The standard InChI is InChI=1S/C12H16N2O5S/c1-19-12(16)8-6-9(14-4-2-3-5-14)11(15)10(7-8)20(13,17)18/h6-7,15H,2-5H2,1H3,(H2,13,17,18). The van der Waals surface area contributed by atoms with Gasteiger partial charge in [0.25, 0.3) is 0 Å². The molecule has 7 nitrogen and oxygen atoms in total. The monoisotopic (exact) mass is 300 g/mol. The summed E-state index contributed by atoms with van der Waals surface area (Å²) in [5.74, 6) is -1.11. The minimum atomic E-state index is -4.13. The van der Waals surface area contributed by atoms with Gasteiger partial charge >= 0.3 is 5.97 Å². The molecule has 0 aromatic heterocycles. The van der Waals surface area contributed by atoms with Crippen LogP contribution in [0.5, 0.6) is 5.75 Å². The normalized spacial score (nSPS) is 15.4. The zero-order chi connectivity index (χ0) is 14.9. The van der Waals surface area contributed by atoms with Crippen LogP contribution in [0.2, 0.25) is 0 Å². The molecule has 0 atom stereocenters. The van der Waals surface area contributed by atoms with Crippen LogP contribution in [0.3, 0.4) is 0 Å². The van der Waals surface area contributed by atoms with E-state index in [2.05, 4.69) is 4.74 Å². The van der Waals surface area contributed by atoms with Crippen LogP contribution in [0.4, 0.5) is 5.69 Å². The molecule has 8 heteroatoms.